The predicted molar refractivity (Wildman–Crippen MR) is 162 cm³/mol. The largest absolute Gasteiger partial charge is 0.506 e. The molecule has 1 aromatic carbocycles. The number of halogens is 2. The molecule has 1 aromatic heterocycles. The van der Waals surface area contributed by atoms with E-state index < -0.39 is 0 Å². The summed E-state index contributed by atoms with van der Waals surface area (Å²) in [6.45, 7) is 19.0. The number of benzene rings is 1. The van der Waals surface area contributed by atoms with Gasteiger partial charge in [-0.05, 0) is 80.8 Å². The Morgan fingerprint density at radius 1 is 0.917 bits per heavy atom. The summed E-state index contributed by atoms with van der Waals surface area (Å²) in [5.41, 5.74) is 13.1. The zero-order valence-corrected chi connectivity index (χ0v) is 26.7. The fourth-order valence-corrected chi connectivity index (χ4v) is 5.18. The summed E-state index contributed by atoms with van der Waals surface area (Å²) in [5, 5.41) is 10.3. The highest BCUT2D eigenvalue weighted by Gasteiger charge is 2.28. The Labute approximate surface area is 235 Å². The number of pyridine rings is 1. The number of fused-ring (bicyclic) bond motifs is 2. The Morgan fingerprint density at radius 2 is 1.44 bits per heavy atom. The lowest BCUT2D eigenvalue weighted by atomic mass is 9.88. The first-order valence-corrected chi connectivity index (χ1v) is 14.9. The summed E-state index contributed by atoms with van der Waals surface area (Å²) in [6, 6.07) is 3.90. The van der Waals surface area contributed by atoms with Crippen molar-refractivity contribution in [2.45, 2.75) is 88.0 Å². The van der Waals surface area contributed by atoms with Crippen molar-refractivity contribution in [1.82, 2.24) is 9.88 Å². The number of carbonyl (C=O) groups is 1. The van der Waals surface area contributed by atoms with Crippen molar-refractivity contribution in [3.63, 3.8) is 0 Å². The Morgan fingerprint density at radius 3 is 1.97 bits per heavy atom. The van der Waals surface area contributed by atoms with Gasteiger partial charge in [-0.15, -0.1) is 0 Å². The number of amides is 1. The van der Waals surface area contributed by atoms with Gasteiger partial charge in [0.25, 0.3) is 0 Å². The molecule has 36 heavy (non-hydrogen) atoms. The molecular formula is C29H45Br2N3O2. The van der Waals surface area contributed by atoms with Gasteiger partial charge in [-0.1, -0.05) is 61.0 Å². The second-order valence-corrected chi connectivity index (χ2v) is 9.01. The number of nitrogen functional groups attached to an aromatic ring is 1. The van der Waals surface area contributed by atoms with Gasteiger partial charge in [0.15, 0.2) is 0 Å². The van der Waals surface area contributed by atoms with Gasteiger partial charge in [-0.3, -0.25) is 9.78 Å². The SMILES string of the molecule is CC.CC.CC.CC.CC(=O)N1CCC(=C2c3ncc(Br)cc3CCc3cc(O)c(N)c(Br)c32)CC1. The van der Waals surface area contributed by atoms with Crippen molar-refractivity contribution in [3.8, 4) is 5.75 Å². The van der Waals surface area contributed by atoms with Crippen LogP contribution in [0.15, 0.2) is 32.8 Å². The smallest absolute Gasteiger partial charge is 0.219 e. The lowest BCUT2D eigenvalue weighted by Gasteiger charge is -2.30. The maximum atomic E-state index is 11.7. The number of carbonyl (C=O) groups excluding carboxylic acids is 1. The number of hydrogen-bond donors (Lipinski definition) is 2. The summed E-state index contributed by atoms with van der Waals surface area (Å²) in [6.07, 6.45) is 5.06. The van der Waals surface area contributed by atoms with Crippen LogP contribution in [-0.2, 0) is 17.6 Å². The first kappa shape index (κ1) is 34.1. The van der Waals surface area contributed by atoms with Crippen molar-refractivity contribution in [1.29, 1.82) is 0 Å². The predicted octanol–water partition coefficient (Wildman–Crippen LogP) is 8.54. The van der Waals surface area contributed by atoms with Crippen LogP contribution in [0.5, 0.6) is 5.75 Å². The van der Waals surface area contributed by atoms with E-state index in [1.807, 2.05) is 66.5 Å². The van der Waals surface area contributed by atoms with Gasteiger partial charge in [0.05, 0.1) is 15.9 Å². The summed E-state index contributed by atoms with van der Waals surface area (Å²) in [5.74, 6) is 0.213. The maximum Gasteiger partial charge on any atom is 0.219 e. The number of aryl methyl sites for hydroxylation is 2. The lowest BCUT2D eigenvalue weighted by Crippen LogP contribution is -2.34. The Kier molecular flexibility index (Phi) is 16.7. The van der Waals surface area contributed by atoms with Crippen molar-refractivity contribution in [2.24, 2.45) is 0 Å². The molecule has 2 aliphatic rings. The number of phenolic OH excluding ortho intramolecular Hbond substituents is 1. The van der Waals surface area contributed by atoms with Crippen LogP contribution in [0.3, 0.4) is 0 Å². The highest BCUT2D eigenvalue weighted by molar-refractivity contribution is 9.11. The van der Waals surface area contributed by atoms with Gasteiger partial charge < -0.3 is 15.7 Å². The van der Waals surface area contributed by atoms with E-state index in [1.54, 1.807) is 13.0 Å². The minimum absolute atomic E-state index is 0.0986. The number of piperidine rings is 1. The molecule has 1 saturated heterocycles. The molecule has 3 N–H and O–H groups in total. The Hall–Kier alpha value is -1.86. The highest BCUT2D eigenvalue weighted by atomic mass is 79.9. The molecule has 4 rings (SSSR count). The van der Waals surface area contributed by atoms with Crippen LogP contribution in [-0.4, -0.2) is 34.0 Å². The second kappa shape index (κ2) is 17.6. The molecule has 0 spiro atoms. The fraction of sp³-hybridized carbons (Fsp3) is 0.517. The maximum absolute atomic E-state index is 11.7. The molecule has 2 heterocycles. The minimum Gasteiger partial charge on any atom is -0.506 e. The van der Waals surface area contributed by atoms with Gasteiger partial charge in [-0.2, -0.15) is 0 Å². The molecule has 1 amide bonds. The summed E-state index contributed by atoms with van der Waals surface area (Å²) < 4.78 is 1.67. The van der Waals surface area contributed by atoms with Crippen LogP contribution in [0.2, 0.25) is 0 Å². The number of aromatic hydroxyl groups is 1. The van der Waals surface area contributed by atoms with Crippen LogP contribution in [0.25, 0.3) is 5.57 Å². The standard InChI is InChI=1S/C21H21Br2N3O2.4C2H6/c1-11(27)26-6-4-12(5-7-26)18-17-13(9-16(28)20(24)19(17)23)2-3-14-8-15(22)10-25-21(14)18;4*1-2/h8-10,28H,2-7,24H2,1H3;4*1-2H3. The zero-order valence-electron chi connectivity index (χ0n) is 23.6. The van der Waals surface area contributed by atoms with Gasteiger partial charge in [0.1, 0.15) is 5.75 Å². The molecule has 5 nitrogen and oxygen atoms in total. The van der Waals surface area contributed by atoms with Crippen LogP contribution in [0.4, 0.5) is 5.69 Å². The number of phenols is 1. The molecule has 1 aliphatic carbocycles. The number of aromatic nitrogens is 1. The van der Waals surface area contributed by atoms with Crippen molar-refractivity contribution in [2.75, 3.05) is 18.8 Å². The van der Waals surface area contributed by atoms with Crippen molar-refractivity contribution < 1.29 is 9.90 Å². The van der Waals surface area contributed by atoms with E-state index in [4.69, 9.17) is 10.7 Å². The summed E-state index contributed by atoms with van der Waals surface area (Å²) in [7, 11) is 0. The van der Waals surface area contributed by atoms with E-state index in [-0.39, 0.29) is 11.7 Å². The van der Waals surface area contributed by atoms with Gasteiger partial charge in [-0.25, -0.2) is 0 Å². The lowest BCUT2D eigenvalue weighted by molar-refractivity contribution is -0.129. The van der Waals surface area contributed by atoms with Gasteiger partial charge in [0.2, 0.25) is 5.91 Å². The third-order valence-corrected chi connectivity index (χ3v) is 6.87. The number of nitrogens with two attached hydrogens (primary N) is 1. The molecule has 0 unspecified atom stereocenters. The van der Waals surface area contributed by atoms with E-state index >= 15 is 0 Å². The number of nitrogens with zero attached hydrogens (tertiary/aromatic N) is 2. The minimum atomic E-state index is 0.0986. The van der Waals surface area contributed by atoms with E-state index in [9.17, 15) is 9.90 Å². The van der Waals surface area contributed by atoms with Crippen LogP contribution in [0.1, 0.15) is 97.5 Å². The van der Waals surface area contributed by atoms with Crippen LogP contribution in [0, 0.1) is 0 Å². The van der Waals surface area contributed by atoms with Crippen LogP contribution >= 0.6 is 31.9 Å². The van der Waals surface area contributed by atoms with E-state index in [0.29, 0.717) is 18.8 Å². The quantitative estimate of drug-likeness (QED) is 0.227. The van der Waals surface area contributed by atoms with E-state index in [2.05, 4.69) is 37.9 Å². The summed E-state index contributed by atoms with van der Waals surface area (Å²) in [4.78, 5) is 18.4. The Balaban J connectivity index is 0.00000140. The monoisotopic (exact) mass is 625 g/mol. The molecular weight excluding hydrogens is 582 g/mol. The third-order valence-electron chi connectivity index (χ3n) is 5.61. The van der Waals surface area contributed by atoms with Gasteiger partial charge >= 0.3 is 0 Å². The van der Waals surface area contributed by atoms with Crippen LogP contribution < -0.4 is 5.73 Å². The van der Waals surface area contributed by atoms with E-state index in [1.165, 1.54) is 11.1 Å². The molecule has 0 saturated carbocycles. The number of hydrogen-bond acceptors (Lipinski definition) is 4. The van der Waals surface area contributed by atoms with Gasteiger partial charge in [0, 0.05) is 41.8 Å². The molecule has 1 fully saturated rings. The normalized spacial score (nSPS) is 13.5. The second-order valence-electron chi connectivity index (χ2n) is 7.30. The number of rotatable bonds is 0. The third kappa shape index (κ3) is 8.07. The molecule has 202 valence electrons. The zero-order chi connectivity index (χ0) is 28.0. The fourth-order valence-electron chi connectivity index (χ4n) is 4.14. The average Bonchev–Trinajstić information content (AvgIpc) is 3.08. The first-order valence-electron chi connectivity index (χ1n) is 13.3. The van der Waals surface area contributed by atoms with E-state index in [0.717, 1.165) is 57.0 Å². The van der Waals surface area contributed by atoms with Crippen molar-refractivity contribution in [3.05, 3.63) is 55.2 Å². The number of anilines is 1. The number of likely N-dealkylation sites (tertiary alicyclic amines) is 1. The molecule has 0 radical (unpaired) electrons. The highest BCUT2D eigenvalue weighted by Crippen LogP contribution is 2.45. The molecule has 0 atom stereocenters. The molecule has 2 aromatic rings. The van der Waals surface area contributed by atoms with Crippen molar-refractivity contribution >= 4 is 49.0 Å². The average molecular weight is 628 g/mol. The Bertz CT molecular complexity index is 1010. The summed E-state index contributed by atoms with van der Waals surface area (Å²) >= 11 is 7.18. The topological polar surface area (TPSA) is 79.5 Å². The molecule has 7 heteroatoms. The first-order chi connectivity index (χ1) is 17.4. The molecule has 1 aliphatic heterocycles. The molecule has 0 bridgehead atoms.